The van der Waals surface area contributed by atoms with Crippen LogP contribution < -0.4 is 0 Å². The molecule has 2 N–H and O–H groups in total. The molecule has 194 valence electrons. The maximum Gasteiger partial charge on any atom is 0.238 e. The van der Waals surface area contributed by atoms with E-state index in [2.05, 4.69) is 13.8 Å². The predicted molar refractivity (Wildman–Crippen MR) is 134 cm³/mol. The summed E-state index contributed by atoms with van der Waals surface area (Å²) in [7, 11) is 1.56. The first kappa shape index (κ1) is 24.3. The molecule has 1 saturated carbocycles. The molecular formula is C30H39NO5. The molecule has 3 aliphatic heterocycles. The molecule has 6 rings (SSSR count). The second-order valence-corrected chi connectivity index (χ2v) is 13.0. The minimum atomic E-state index is -1.53. The summed E-state index contributed by atoms with van der Waals surface area (Å²) < 4.78 is 6.57. The van der Waals surface area contributed by atoms with Gasteiger partial charge in [0.15, 0.2) is 5.79 Å². The zero-order valence-corrected chi connectivity index (χ0v) is 22.2. The second kappa shape index (κ2) is 7.30. The first-order valence-electron chi connectivity index (χ1n) is 13.5. The monoisotopic (exact) mass is 493 g/mol. The molecule has 11 unspecified atom stereocenters. The van der Waals surface area contributed by atoms with Gasteiger partial charge in [-0.05, 0) is 56.4 Å². The van der Waals surface area contributed by atoms with E-state index < -0.39 is 46.1 Å². The Morgan fingerprint density at radius 1 is 1.06 bits per heavy atom. The maximum absolute atomic E-state index is 14.4. The van der Waals surface area contributed by atoms with Gasteiger partial charge >= 0.3 is 0 Å². The van der Waals surface area contributed by atoms with Gasteiger partial charge in [0.05, 0.1) is 16.9 Å². The number of rotatable bonds is 1. The molecule has 6 nitrogen and oxygen atoms in total. The van der Waals surface area contributed by atoms with E-state index in [1.807, 2.05) is 57.2 Å². The zero-order chi connectivity index (χ0) is 26.0. The first-order valence-corrected chi connectivity index (χ1v) is 13.5. The molecule has 1 aromatic carbocycles. The van der Waals surface area contributed by atoms with Gasteiger partial charge < -0.3 is 14.9 Å². The van der Waals surface area contributed by atoms with E-state index >= 15 is 0 Å². The van der Waals surface area contributed by atoms with Gasteiger partial charge in [-0.15, -0.1) is 0 Å². The summed E-state index contributed by atoms with van der Waals surface area (Å²) in [4.78, 5) is 29.4. The molecule has 4 fully saturated rings. The van der Waals surface area contributed by atoms with Crippen LogP contribution in [0.25, 0.3) is 0 Å². The number of hydrogen-bond acceptors (Lipinski definition) is 5. The third-order valence-electron chi connectivity index (χ3n) is 11.0. The molecule has 2 bridgehead atoms. The quantitative estimate of drug-likeness (QED) is 0.458. The molecule has 2 amide bonds. The van der Waals surface area contributed by atoms with Gasteiger partial charge in [-0.1, -0.05) is 62.8 Å². The molecule has 6 heteroatoms. The molecule has 3 saturated heterocycles. The Bertz CT molecular complexity index is 1170. The summed E-state index contributed by atoms with van der Waals surface area (Å²) in [5.41, 5.74) is -1.69. The number of allylic oxidation sites excluding steroid dienone is 1. The molecule has 0 aromatic heterocycles. The van der Waals surface area contributed by atoms with Gasteiger partial charge in [-0.2, -0.15) is 0 Å². The number of benzene rings is 1. The normalized spacial score (nSPS) is 51.8. The van der Waals surface area contributed by atoms with Crippen molar-refractivity contribution in [1.82, 2.24) is 4.90 Å². The standard InChI is InChI=1S/C30H39NO5/c1-16-12-18(3)30(35)21-15-28-23(22(20-10-8-7-9-11-20)25(32)31(6)26(28)33)19(4)17(2)14-29(28,34)24(21)27(5,13-16)36-30/h7-11,14,16,18-19,21-24,34-35H,12-13,15H2,1-6H3. The molecule has 1 aromatic rings. The van der Waals surface area contributed by atoms with Gasteiger partial charge in [-0.3, -0.25) is 14.5 Å². The Balaban J connectivity index is 1.63. The van der Waals surface area contributed by atoms with Crippen molar-refractivity contribution in [1.29, 1.82) is 0 Å². The molecule has 2 aliphatic carbocycles. The number of aliphatic hydroxyl groups is 2. The summed E-state index contributed by atoms with van der Waals surface area (Å²) in [5, 5.41) is 25.1. The van der Waals surface area contributed by atoms with Gasteiger partial charge in [0, 0.05) is 24.8 Å². The minimum absolute atomic E-state index is 0.0855. The molecular weight excluding hydrogens is 454 g/mol. The largest absolute Gasteiger partial charge is 0.384 e. The number of likely N-dealkylation sites (N-methyl/N-ethyl adjacent to an activating group) is 1. The van der Waals surface area contributed by atoms with Gasteiger partial charge in [0.2, 0.25) is 11.8 Å². The number of piperidine rings is 1. The van der Waals surface area contributed by atoms with E-state index in [4.69, 9.17) is 4.74 Å². The average Bonchev–Trinajstić information content (AvgIpc) is 3.19. The number of nitrogens with zero attached hydrogens (tertiary/aromatic N) is 1. The van der Waals surface area contributed by atoms with E-state index in [9.17, 15) is 19.8 Å². The number of carbonyl (C=O) groups is 2. The van der Waals surface area contributed by atoms with Crippen LogP contribution in [0.5, 0.6) is 0 Å². The molecule has 1 spiro atoms. The Hall–Kier alpha value is -2.02. The van der Waals surface area contributed by atoms with Crippen molar-refractivity contribution in [2.24, 2.45) is 40.9 Å². The smallest absolute Gasteiger partial charge is 0.238 e. The van der Waals surface area contributed by atoms with E-state index in [-0.39, 0.29) is 23.7 Å². The molecule has 0 radical (unpaired) electrons. The van der Waals surface area contributed by atoms with Gasteiger partial charge in [0.1, 0.15) is 5.60 Å². The molecule has 5 aliphatic rings. The Labute approximate surface area is 213 Å². The highest BCUT2D eigenvalue weighted by Gasteiger charge is 2.83. The van der Waals surface area contributed by atoms with Crippen LogP contribution >= 0.6 is 0 Å². The number of likely N-dealkylation sites (tertiary alicyclic amines) is 1. The Kier molecular flexibility index (Phi) is 4.93. The summed E-state index contributed by atoms with van der Waals surface area (Å²) in [6, 6.07) is 9.68. The van der Waals surface area contributed by atoms with Crippen LogP contribution in [0.1, 0.15) is 65.4 Å². The van der Waals surface area contributed by atoms with E-state index in [1.54, 1.807) is 7.05 Å². The van der Waals surface area contributed by atoms with E-state index in [1.165, 1.54) is 4.90 Å². The highest BCUT2D eigenvalue weighted by atomic mass is 16.7. The second-order valence-electron chi connectivity index (χ2n) is 13.0. The van der Waals surface area contributed by atoms with Crippen molar-refractivity contribution in [2.75, 3.05) is 7.05 Å². The lowest BCUT2D eigenvalue weighted by atomic mass is 9.48. The summed E-state index contributed by atoms with van der Waals surface area (Å²) in [5.74, 6) is -3.70. The van der Waals surface area contributed by atoms with Crippen molar-refractivity contribution >= 4 is 11.8 Å². The van der Waals surface area contributed by atoms with Crippen molar-refractivity contribution in [3.05, 3.63) is 47.5 Å². The third kappa shape index (κ3) is 2.63. The predicted octanol–water partition coefficient (Wildman–Crippen LogP) is 3.88. The van der Waals surface area contributed by atoms with Crippen LogP contribution in [0.15, 0.2) is 42.0 Å². The van der Waals surface area contributed by atoms with Gasteiger partial charge in [0.25, 0.3) is 0 Å². The lowest BCUT2D eigenvalue weighted by Gasteiger charge is -2.59. The van der Waals surface area contributed by atoms with Crippen LogP contribution in [0, 0.1) is 40.9 Å². The fourth-order valence-corrected chi connectivity index (χ4v) is 9.74. The van der Waals surface area contributed by atoms with Crippen LogP contribution in [-0.4, -0.2) is 51.0 Å². The summed E-state index contributed by atoms with van der Waals surface area (Å²) in [6.45, 7) is 10.3. The van der Waals surface area contributed by atoms with Crippen molar-refractivity contribution < 1.29 is 24.5 Å². The number of amides is 2. The number of carbonyl (C=O) groups excluding carboxylic acids is 2. The fourth-order valence-electron chi connectivity index (χ4n) is 9.74. The van der Waals surface area contributed by atoms with Crippen LogP contribution in [0.3, 0.4) is 0 Å². The SMILES string of the molecule is CC1=CC2(O)C3C(CC24C(=O)N(C)C(=O)C(c2ccccc2)C4C1C)C1(O)OC3(C)CC(C)CC1C. The average molecular weight is 494 g/mol. The molecule has 3 heterocycles. The van der Waals surface area contributed by atoms with Crippen molar-refractivity contribution in [3.63, 3.8) is 0 Å². The summed E-state index contributed by atoms with van der Waals surface area (Å²) >= 11 is 0. The maximum atomic E-state index is 14.4. The summed E-state index contributed by atoms with van der Waals surface area (Å²) in [6.07, 6.45) is 3.75. The Morgan fingerprint density at radius 3 is 2.39 bits per heavy atom. The third-order valence-corrected chi connectivity index (χ3v) is 11.0. The van der Waals surface area contributed by atoms with Crippen LogP contribution in [0.2, 0.25) is 0 Å². The number of fused-ring (bicyclic) bond motifs is 6. The van der Waals surface area contributed by atoms with Gasteiger partial charge in [-0.25, -0.2) is 0 Å². The highest BCUT2D eigenvalue weighted by Crippen LogP contribution is 2.74. The van der Waals surface area contributed by atoms with E-state index in [0.717, 1.165) is 17.6 Å². The number of ether oxygens (including phenoxy) is 1. The zero-order valence-electron chi connectivity index (χ0n) is 22.2. The topological polar surface area (TPSA) is 87.1 Å². The molecule has 36 heavy (non-hydrogen) atoms. The first-order chi connectivity index (χ1) is 16.8. The fraction of sp³-hybridized carbons (Fsp3) is 0.667. The van der Waals surface area contributed by atoms with Crippen LogP contribution in [-0.2, 0) is 14.3 Å². The number of imide groups is 1. The van der Waals surface area contributed by atoms with Crippen molar-refractivity contribution in [3.8, 4) is 0 Å². The Morgan fingerprint density at radius 2 is 1.72 bits per heavy atom. The van der Waals surface area contributed by atoms with Crippen LogP contribution in [0.4, 0.5) is 0 Å². The van der Waals surface area contributed by atoms with Crippen molar-refractivity contribution in [2.45, 2.75) is 76.8 Å². The highest BCUT2D eigenvalue weighted by molar-refractivity contribution is 6.05. The minimum Gasteiger partial charge on any atom is -0.384 e. The number of hydrogen-bond donors (Lipinski definition) is 2. The lowest BCUT2D eigenvalue weighted by molar-refractivity contribution is -0.266. The van der Waals surface area contributed by atoms with E-state index in [0.29, 0.717) is 18.8 Å². The molecule has 11 atom stereocenters. The lowest BCUT2D eigenvalue weighted by Crippen LogP contribution is -2.70.